The Labute approximate surface area is 178 Å². The van der Waals surface area contributed by atoms with Crippen molar-refractivity contribution in [2.75, 3.05) is 29.6 Å². The number of anilines is 3. The third-order valence-electron chi connectivity index (χ3n) is 4.41. The van der Waals surface area contributed by atoms with Gasteiger partial charge in [-0.25, -0.2) is 14.8 Å². The number of hydrogen-bond donors (Lipinski definition) is 3. The molecule has 8 nitrogen and oxygen atoms in total. The summed E-state index contributed by atoms with van der Waals surface area (Å²) in [5, 5.41) is 14.4. The summed E-state index contributed by atoms with van der Waals surface area (Å²) in [6, 6.07) is 15.1. The number of urea groups is 1. The van der Waals surface area contributed by atoms with E-state index in [0.717, 1.165) is 38.7 Å². The van der Waals surface area contributed by atoms with Crippen molar-refractivity contribution in [2.45, 2.75) is 10.8 Å². The van der Waals surface area contributed by atoms with E-state index in [1.807, 2.05) is 67.5 Å². The molecule has 4 rings (SSSR count). The second-order valence-corrected chi connectivity index (χ2v) is 7.78. The van der Waals surface area contributed by atoms with Gasteiger partial charge in [-0.2, -0.15) is 5.10 Å². The number of nitrogens with one attached hydrogen (secondary N) is 3. The highest BCUT2D eigenvalue weighted by molar-refractivity contribution is 7.98. The summed E-state index contributed by atoms with van der Waals surface area (Å²) in [6.07, 6.45) is 3.25. The van der Waals surface area contributed by atoms with Crippen LogP contribution in [0.15, 0.2) is 66.1 Å². The summed E-state index contributed by atoms with van der Waals surface area (Å²) in [5.41, 5.74) is 4.33. The van der Waals surface area contributed by atoms with Crippen LogP contribution in [0.2, 0.25) is 0 Å². The normalized spacial score (nSPS) is 10.7. The summed E-state index contributed by atoms with van der Waals surface area (Å²) in [6.45, 7) is 0. The third kappa shape index (κ3) is 4.69. The minimum atomic E-state index is -0.284. The fourth-order valence-corrected chi connectivity index (χ4v) is 3.79. The first-order valence-corrected chi connectivity index (χ1v) is 10.3. The molecule has 2 amide bonds. The SMILES string of the molecule is CN(C)c1ccc(NC(=O)Nc2cccc(CSc3ncnc4[nH]ncc34)c2)cc1. The number of rotatable bonds is 6. The smallest absolute Gasteiger partial charge is 0.323 e. The molecule has 0 aliphatic rings. The van der Waals surface area contributed by atoms with E-state index in [-0.39, 0.29) is 6.03 Å². The van der Waals surface area contributed by atoms with E-state index in [2.05, 4.69) is 30.8 Å². The molecule has 2 aromatic heterocycles. The zero-order valence-corrected chi connectivity index (χ0v) is 17.4. The maximum absolute atomic E-state index is 12.3. The lowest BCUT2D eigenvalue weighted by molar-refractivity contribution is 0.262. The van der Waals surface area contributed by atoms with Gasteiger partial charge in [0.05, 0.1) is 11.6 Å². The molecule has 0 spiro atoms. The van der Waals surface area contributed by atoms with Gasteiger partial charge < -0.3 is 15.5 Å². The van der Waals surface area contributed by atoms with Crippen molar-refractivity contribution in [3.8, 4) is 0 Å². The molecular formula is C21H21N7OS. The Morgan fingerprint density at radius 1 is 1.07 bits per heavy atom. The predicted molar refractivity (Wildman–Crippen MR) is 121 cm³/mol. The van der Waals surface area contributed by atoms with Crippen LogP contribution in [-0.2, 0) is 5.75 Å². The van der Waals surface area contributed by atoms with E-state index in [1.54, 1.807) is 18.0 Å². The molecule has 0 radical (unpaired) electrons. The Balaban J connectivity index is 1.37. The van der Waals surface area contributed by atoms with Gasteiger partial charge in [0.25, 0.3) is 0 Å². The van der Waals surface area contributed by atoms with Crippen molar-refractivity contribution in [1.29, 1.82) is 0 Å². The van der Waals surface area contributed by atoms with Crippen molar-refractivity contribution in [1.82, 2.24) is 20.2 Å². The van der Waals surface area contributed by atoms with Gasteiger partial charge in [-0.3, -0.25) is 5.10 Å². The standard InChI is InChI=1S/C21H21N7OS/c1-28(2)17-8-6-15(7-9-17)25-21(29)26-16-5-3-4-14(10-16)12-30-20-18-11-24-27-19(18)22-13-23-20/h3-11,13H,12H2,1-2H3,(H2,25,26,29)(H,22,23,24,27). The van der Waals surface area contributed by atoms with Crippen LogP contribution in [0, 0.1) is 0 Å². The maximum Gasteiger partial charge on any atom is 0.323 e. The molecule has 0 aliphatic carbocycles. The van der Waals surface area contributed by atoms with Crippen LogP contribution in [0.5, 0.6) is 0 Å². The Morgan fingerprint density at radius 3 is 2.67 bits per heavy atom. The molecular weight excluding hydrogens is 398 g/mol. The first kappa shape index (κ1) is 19.7. The van der Waals surface area contributed by atoms with Gasteiger partial charge in [-0.1, -0.05) is 12.1 Å². The number of carbonyl (C=O) groups is 1. The van der Waals surface area contributed by atoms with Gasteiger partial charge >= 0.3 is 6.03 Å². The average Bonchev–Trinajstić information content (AvgIpc) is 3.22. The molecule has 0 fully saturated rings. The summed E-state index contributed by atoms with van der Waals surface area (Å²) in [4.78, 5) is 22.8. The number of amides is 2. The van der Waals surface area contributed by atoms with Gasteiger partial charge in [0.2, 0.25) is 0 Å². The lowest BCUT2D eigenvalue weighted by Crippen LogP contribution is -2.19. The number of aromatic nitrogens is 4. The Morgan fingerprint density at radius 2 is 1.87 bits per heavy atom. The Kier molecular flexibility index (Phi) is 5.80. The summed E-state index contributed by atoms with van der Waals surface area (Å²) >= 11 is 1.60. The molecule has 152 valence electrons. The molecule has 0 unspecified atom stereocenters. The highest BCUT2D eigenvalue weighted by Crippen LogP contribution is 2.27. The van der Waals surface area contributed by atoms with E-state index >= 15 is 0 Å². The lowest BCUT2D eigenvalue weighted by atomic mass is 10.2. The molecule has 9 heteroatoms. The van der Waals surface area contributed by atoms with Crippen LogP contribution >= 0.6 is 11.8 Å². The van der Waals surface area contributed by atoms with E-state index < -0.39 is 0 Å². The van der Waals surface area contributed by atoms with E-state index in [4.69, 9.17) is 0 Å². The summed E-state index contributed by atoms with van der Waals surface area (Å²) < 4.78 is 0. The predicted octanol–water partition coefficient (Wildman–Crippen LogP) is 4.36. The van der Waals surface area contributed by atoms with Crippen molar-refractivity contribution >= 4 is 45.9 Å². The Bertz CT molecular complexity index is 1160. The molecule has 2 aromatic carbocycles. The van der Waals surface area contributed by atoms with Crippen molar-refractivity contribution in [3.63, 3.8) is 0 Å². The number of hydrogen-bond acceptors (Lipinski definition) is 6. The number of H-pyrrole nitrogens is 1. The van der Waals surface area contributed by atoms with Crippen LogP contribution in [0.25, 0.3) is 11.0 Å². The quantitative estimate of drug-likeness (QED) is 0.317. The second kappa shape index (κ2) is 8.83. The minimum Gasteiger partial charge on any atom is -0.378 e. The van der Waals surface area contributed by atoms with Crippen LogP contribution < -0.4 is 15.5 Å². The fourth-order valence-electron chi connectivity index (χ4n) is 2.88. The van der Waals surface area contributed by atoms with E-state index in [1.165, 1.54) is 6.33 Å². The number of benzene rings is 2. The zero-order chi connectivity index (χ0) is 20.9. The molecule has 3 N–H and O–H groups in total. The molecule has 0 aliphatic heterocycles. The van der Waals surface area contributed by atoms with Crippen molar-refractivity contribution in [2.24, 2.45) is 0 Å². The summed E-state index contributed by atoms with van der Waals surface area (Å²) in [5.74, 6) is 0.709. The molecule has 4 aromatic rings. The number of nitrogens with zero attached hydrogens (tertiary/aromatic N) is 4. The largest absolute Gasteiger partial charge is 0.378 e. The highest BCUT2D eigenvalue weighted by atomic mass is 32.2. The Hall–Kier alpha value is -3.59. The second-order valence-electron chi connectivity index (χ2n) is 6.82. The number of fused-ring (bicyclic) bond motifs is 1. The molecule has 0 saturated carbocycles. The first-order valence-electron chi connectivity index (χ1n) is 9.30. The monoisotopic (exact) mass is 419 g/mol. The maximum atomic E-state index is 12.3. The van der Waals surface area contributed by atoms with E-state index in [0.29, 0.717) is 5.75 Å². The molecule has 0 saturated heterocycles. The topological polar surface area (TPSA) is 98.8 Å². The molecule has 30 heavy (non-hydrogen) atoms. The molecule has 0 atom stereocenters. The third-order valence-corrected chi connectivity index (χ3v) is 5.49. The average molecular weight is 420 g/mol. The van der Waals surface area contributed by atoms with Crippen molar-refractivity contribution < 1.29 is 4.79 Å². The van der Waals surface area contributed by atoms with Crippen LogP contribution in [-0.4, -0.2) is 40.3 Å². The minimum absolute atomic E-state index is 0.284. The highest BCUT2D eigenvalue weighted by Gasteiger charge is 2.08. The lowest BCUT2D eigenvalue weighted by Gasteiger charge is -2.13. The summed E-state index contributed by atoms with van der Waals surface area (Å²) in [7, 11) is 3.95. The number of aromatic amines is 1. The van der Waals surface area contributed by atoms with Crippen LogP contribution in [0.1, 0.15) is 5.56 Å². The zero-order valence-electron chi connectivity index (χ0n) is 16.6. The van der Waals surface area contributed by atoms with Gasteiger partial charge in [0, 0.05) is 36.9 Å². The first-order chi connectivity index (χ1) is 14.6. The van der Waals surface area contributed by atoms with E-state index in [9.17, 15) is 4.79 Å². The number of carbonyl (C=O) groups excluding carboxylic acids is 1. The van der Waals surface area contributed by atoms with Crippen LogP contribution in [0.4, 0.5) is 21.9 Å². The van der Waals surface area contributed by atoms with Gasteiger partial charge in [-0.15, -0.1) is 11.8 Å². The van der Waals surface area contributed by atoms with Crippen LogP contribution in [0.3, 0.4) is 0 Å². The van der Waals surface area contributed by atoms with Gasteiger partial charge in [-0.05, 0) is 42.0 Å². The molecule has 0 bridgehead atoms. The van der Waals surface area contributed by atoms with Gasteiger partial charge in [0.1, 0.15) is 11.4 Å². The fraction of sp³-hybridized carbons (Fsp3) is 0.143. The number of thioether (sulfide) groups is 1. The van der Waals surface area contributed by atoms with Gasteiger partial charge in [0.15, 0.2) is 5.65 Å². The van der Waals surface area contributed by atoms with Crippen molar-refractivity contribution in [3.05, 3.63) is 66.6 Å². The molecule has 2 heterocycles.